The van der Waals surface area contributed by atoms with Crippen LogP contribution in [0, 0.1) is 0 Å². The lowest BCUT2D eigenvalue weighted by Crippen LogP contribution is -2.36. The van der Waals surface area contributed by atoms with Crippen molar-refractivity contribution < 1.29 is 9.47 Å². The van der Waals surface area contributed by atoms with Crippen molar-refractivity contribution in [1.29, 1.82) is 0 Å². The molecule has 0 saturated carbocycles. The molecule has 0 aromatic heterocycles. The molecule has 0 radical (unpaired) electrons. The van der Waals surface area contributed by atoms with Gasteiger partial charge in [0.25, 0.3) is 0 Å². The Morgan fingerprint density at radius 1 is 1.40 bits per heavy atom. The van der Waals surface area contributed by atoms with E-state index in [1.807, 2.05) is 0 Å². The maximum atomic E-state index is 6.11. The Balaban J connectivity index is 1.65. The average molecular weight is 275 g/mol. The molecule has 2 atom stereocenters. The molecule has 1 aromatic carbocycles. The number of hydrogen-bond acceptors (Lipinski definition) is 3. The Morgan fingerprint density at radius 2 is 2.25 bits per heavy atom. The highest BCUT2D eigenvalue weighted by atomic mass is 16.5. The normalized spacial score (nSPS) is 25.2. The molecule has 3 rings (SSSR count). The summed E-state index contributed by atoms with van der Waals surface area (Å²) in [4.78, 5) is 0. The number of nitrogens with one attached hydrogen (secondary N) is 1. The van der Waals surface area contributed by atoms with Gasteiger partial charge in [-0.2, -0.15) is 0 Å². The summed E-state index contributed by atoms with van der Waals surface area (Å²) in [5.74, 6) is 1.09. The van der Waals surface area contributed by atoms with Gasteiger partial charge in [-0.3, -0.25) is 0 Å². The topological polar surface area (TPSA) is 30.5 Å². The fourth-order valence-corrected chi connectivity index (χ4v) is 3.22. The summed E-state index contributed by atoms with van der Waals surface area (Å²) < 4.78 is 11.8. The summed E-state index contributed by atoms with van der Waals surface area (Å²) in [5.41, 5.74) is 2.52. The molecule has 0 spiro atoms. The molecule has 2 aliphatic heterocycles. The highest BCUT2D eigenvalue weighted by molar-refractivity contribution is 5.45. The van der Waals surface area contributed by atoms with Crippen LogP contribution in [0.25, 0.3) is 0 Å². The van der Waals surface area contributed by atoms with Crippen LogP contribution < -0.4 is 10.1 Å². The van der Waals surface area contributed by atoms with Crippen LogP contribution in [-0.2, 0) is 17.7 Å². The van der Waals surface area contributed by atoms with Crippen molar-refractivity contribution in [3.05, 3.63) is 29.3 Å². The van der Waals surface area contributed by atoms with Crippen LogP contribution in [0.5, 0.6) is 5.75 Å². The Bertz CT molecular complexity index is 478. The summed E-state index contributed by atoms with van der Waals surface area (Å²) in [6.45, 7) is 8.28. The van der Waals surface area contributed by atoms with Crippen molar-refractivity contribution in [3.63, 3.8) is 0 Å². The van der Waals surface area contributed by atoms with Gasteiger partial charge in [0.05, 0.1) is 6.10 Å². The molecule has 2 unspecified atom stereocenters. The van der Waals surface area contributed by atoms with Gasteiger partial charge in [0.1, 0.15) is 11.4 Å². The van der Waals surface area contributed by atoms with Crippen molar-refractivity contribution >= 4 is 0 Å². The zero-order chi connectivity index (χ0) is 14.2. The van der Waals surface area contributed by atoms with Crippen LogP contribution in [0.15, 0.2) is 18.2 Å². The first kappa shape index (κ1) is 13.9. The predicted octanol–water partition coefficient (Wildman–Crippen LogP) is 3.06. The lowest BCUT2D eigenvalue weighted by atomic mass is 10.0. The van der Waals surface area contributed by atoms with Gasteiger partial charge in [0.2, 0.25) is 0 Å². The standard InChI is InChI=1S/C17H25NO2/c1-12(15-8-5-9-19-15)18-11-14-7-4-6-13-10-17(2,3)20-16(13)14/h4,6-7,12,15,18H,5,8-11H2,1-3H3. The van der Waals surface area contributed by atoms with Gasteiger partial charge >= 0.3 is 0 Å². The third-order valence-electron chi connectivity index (χ3n) is 4.31. The van der Waals surface area contributed by atoms with Crippen LogP contribution in [0.2, 0.25) is 0 Å². The summed E-state index contributed by atoms with van der Waals surface area (Å²) in [7, 11) is 0. The van der Waals surface area contributed by atoms with Crippen molar-refractivity contribution in [2.24, 2.45) is 0 Å². The first-order chi connectivity index (χ1) is 9.55. The molecule has 110 valence electrons. The fraction of sp³-hybridized carbons (Fsp3) is 0.647. The van der Waals surface area contributed by atoms with E-state index in [-0.39, 0.29) is 5.60 Å². The van der Waals surface area contributed by atoms with Gasteiger partial charge in [0, 0.05) is 31.2 Å². The molecular formula is C17H25NO2. The third-order valence-corrected chi connectivity index (χ3v) is 4.31. The third kappa shape index (κ3) is 2.84. The highest BCUT2D eigenvalue weighted by Gasteiger charge is 2.31. The highest BCUT2D eigenvalue weighted by Crippen LogP contribution is 2.37. The minimum atomic E-state index is -0.0708. The Labute approximate surface area is 121 Å². The monoisotopic (exact) mass is 275 g/mol. The van der Waals surface area contributed by atoms with Crippen molar-refractivity contribution in [2.75, 3.05) is 6.61 Å². The molecule has 1 N–H and O–H groups in total. The molecular weight excluding hydrogens is 250 g/mol. The first-order valence-electron chi connectivity index (χ1n) is 7.70. The number of hydrogen-bond donors (Lipinski definition) is 1. The molecule has 1 aromatic rings. The quantitative estimate of drug-likeness (QED) is 0.916. The number of rotatable bonds is 4. The Kier molecular flexibility index (Phi) is 3.74. The van der Waals surface area contributed by atoms with E-state index in [1.54, 1.807) is 0 Å². The van der Waals surface area contributed by atoms with E-state index in [2.05, 4.69) is 44.3 Å². The zero-order valence-corrected chi connectivity index (χ0v) is 12.7. The van der Waals surface area contributed by atoms with Crippen molar-refractivity contribution in [2.45, 2.75) is 64.3 Å². The van der Waals surface area contributed by atoms with Crippen LogP contribution in [0.1, 0.15) is 44.7 Å². The second-order valence-electron chi connectivity index (χ2n) is 6.66. The summed E-state index contributed by atoms with van der Waals surface area (Å²) >= 11 is 0. The van der Waals surface area contributed by atoms with Crippen molar-refractivity contribution in [3.8, 4) is 5.75 Å². The van der Waals surface area contributed by atoms with E-state index in [4.69, 9.17) is 9.47 Å². The van der Waals surface area contributed by atoms with Crippen LogP contribution in [0.4, 0.5) is 0 Å². The maximum absolute atomic E-state index is 6.11. The summed E-state index contributed by atoms with van der Waals surface area (Å²) in [5, 5.41) is 3.59. The van der Waals surface area contributed by atoms with E-state index in [0.717, 1.165) is 25.3 Å². The number of fused-ring (bicyclic) bond motifs is 1. The minimum absolute atomic E-state index is 0.0708. The minimum Gasteiger partial charge on any atom is -0.487 e. The van der Waals surface area contributed by atoms with E-state index >= 15 is 0 Å². The van der Waals surface area contributed by atoms with E-state index < -0.39 is 0 Å². The van der Waals surface area contributed by atoms with Gasteiger partial charge in [0.15, 0.2) is 0 Å². The van der Waals surface area contributed by atoms with E-state index in [1.165, 1.54) is 24.0 Å². The SMILES string of the molecule is CC(NCc1cccc2c1OC(C)(C)C2)C1CCCO1. The number of ether oxygens (including phenoxy) is 2. The molecule has 3 heteroatoms. The lowest BCUT2D eigenvalue weighted by Gasteiger charge is -2.21. The van der Waals surface area contributed by atoms with Gasteiger partial charge in [-0.25, -0.2) is 0 Å². The fourth-order valence-electron chi connectivity index (χ4n) is 3.22. The largest absolute Gasteiger partial charge is 0.487 e. The molecule has 0 aliphatic carbocycles. The maximum Gasteiger partial charge on any atom is 0.127 e. The second kappa shape index (κ2) is 5.38. The lowest BCUT2D eigenvalue weighted by molar-refractivity contribution is 0.0829. The number of para-hydroxylation sites is 1. The molecule has 2 aliphatic rings. The smallest absolute Gasteiger partial charge is 0.127 e. The van der Waals surface area contributed by atoms with Gasteiger partial charge in [-0.15, -0.1) is 0 Å². The first-order valence-corrected chi connectivity index (χ1v) is 7.70. The summed E-state index contributed by atoms with van der Waals surface area (Å²) in [6.07, 6.45) is 3.72. The molecule has 1 saturated heterocycles. The van der Waals surface area contributed by atoms with Gasteiger partial charge in [-0.05, 0) is 39.2 Å². The Hall–Kier alpha value is -1.06. The van der Waals surface area contributed by atoms with Crippen LogP contribution in [0.3, 0.4) is 0 Å². The van der Waals surface area contributed by atoms with E-state index in [9.17, 15) is 0 Å². The van der Waals surface area contributed by atoms with Crippen LogP contribution in [-0.4, -0.2) is 24.4 Å². The van der Waals surface area contributed by atoms with Gasteiger partial charge < -0.3 is 14.8 Å². The summed E-state index contributed by atoms with van der Waals surface area (Å²) in [6, 6.07) is 6.87. The average Bonchev–Trinajstić information content (AvgIpc) is 3.01. The molecule has 20 heavy (non-hydrogen) atoms. The van der Waals surface area contributed by atoms with E-state index in [0.29, 0.717) is 12.1 Å². The molecule has 2 heterocycles. The molecule has 3 nitrogen and oxygen atoms in total. The number of benzene rings is 1. The van der Waals surface area contributed by atoms with Gasteiger partial charge in [-0.1, -0.05) is 18.2 Å². The van der Waals surface area contributed by atoms with Crippen LogP contribution >= 0.6 is 0 Å². The second-order valence-corrected chi connectivity index (χ2v) is 6.66. The Morgan fingerprint density at radius 3 is 3.00 bits per heavy atom. The predicted molar refractivity (Wildman–Crippen MR) is 80.1 cm³/mol. The molecule has 0 bridgehead atoms. The zero-order valence-electron chi connectivity index (χ0n) is 12.7. The molecule has 0 amide bonds. The molecule has 1 fully saturated rings. The van der Waals surface area contributed by atoms with Crippen molar-refractivity contribution in [1.82, 2.24) is 5.32 Å².